The minimum Gasteiger partial charge on any atom is -0.459 e. The average Bonchev–Trinajstić information content (AvgIpc) is 2.74. The van der Waals surface area contributed by atoms with E-state index in [0.29, 0.717) is 17.2 Å². The Morgan fingerprint density at radius 3 is 2.50 bits per heavy atom. The summed E-state index contributed by atoms with van der Waals surface area (Å²) in [6, 6.07) is 1.72. The molecule has 90 valence electrons. The number of alkyl halides is 2. The SMILES string of the molecule is NCc1cc(C2CCCCC2)oc1C(F)F. The fourth-order valence-corrected chi connectivity index (χ4v) is 2.40. The molecule has 1 aliphatic rings. The third-order valence-electron chi connectivity index (χ3n) is 3.29. The van der Waals surface area contributed by atoms with Gasteiger partial charge in [0.15, 0.2) is 5.76 Å². The van der Waals surface area contributed by atoms with Gasteiger partial charge in [-0.2, -0.15) is 0 Å². The zero-order valence-electron chi connectivity index (χ0n) is 9.22. The summed E-state index contributed by atoms with van der Waals surface area (Å²) in [4.78, 5) is 0. The van der Waals surface area contributed by atoms with Crippen molar-refractivity contribution in [3.05, 3.63) is 23.2 Å². The van der Waals surface area contributed by atoms with Crippen molar-refractivity contribution >= 4 is 0 Å². The van der Waals surface area contributed by atoms with Crippen molar-refractivity contribution in [1.82, 2.24) is 0 Å². The van der Waals surface area contributed by atoms with E-state index in [0.717, 1.165) is 25.7 Å². The Labute approximate surface area is 93.8 Å². The van der Waals surface area contributed by atoms with Crippen LogP contribution in [0.5, 0.6) is 0 Å². The molecule has 2 rings (SSSR count). The Morgan fingerprint density at radius 1 is 1.31 bits per heavy atom. The second-order valence-electron chi connectivity index (χ2n) is 4.38. The van der Waals surface area contributed by atoms with Crippen LogP contribution in [0.2, 0.25) is 0 Å². The summed E-state index contributed by atoms with van der Waals surface area (Å²) in [6.07, 6.45) is 3.08. The number of furan rings is 1. The van der Waals surface area contributed by atoms with Gasteiger partial charge in [0.1, 0.15) is 5.76 Å². The van der Waals surface area contributed by atoms with Crippen molar-refractivity contribution in [2.45, 2.75) is 51.0 Å². The van der Waals surface area contributed by atoms with E-state index in [2.05, 4.69) is 0 Å². The highest BCUT2D eigenvalue weighted by atomic mass is 19.3. The maximum absolute atomic E-state index is 12.6. The maximum atomic E-state index is 12.6. The van der Waals surface area contributed by atoms with Crippen LogP contribution >= 0.6 is 0 Å². The molecule has 1 aromatic rings. The molecule has 0 saturated heterocycles. The van der Waals surface area contributed by atoms with Crippen LogP contribution in [0.3, 0.4) is 0 Å². The molecule has 0 atom stereocenters. The molecule has 0 unspecified atom stereocenters. The minimum atomic E-state index is -2.56. The second-order valence-corrected chi connectivity index (χ2v) is 4.38. The maximum Gasteiger partial charge on any atom is 0.295 e. The van der Waals surface area contributed by atoms with Crippen molar-refractivity contribution in [3.8, 4) is 0 Å². The molecule has 4 heteroatoms. The number of nitrogens with two attached hydrogens (primary N) is 1. The fourth-order valence-electron chi connectivity index (χ4n) is 2.40. The van der Waals surface area contributed by atoms with Crippen LogP contribution in [-0.4, -0.2) is 0 Å². The molecule has 2 nitrogen and oxygen atoms in total. The van der Waals surface area contributed by atoms with E-state index in [1.807, 2.05) is 0 Å². The van der Waals surface area contributed by atoms with E-state index in [1.54, 1.807) is 6.07 Å². The summed E-state index contributed by atoms with van der Waals surface area (Å²) in [5.41, 5.74) is 5.89. The molecule has 0 spiro atoms. The summed E-state index contributed by atoms with van der Waals surface area (Å²) in [5.74, 6) is 0.782. The van der Waals surface area contributed by atoms with Gasteiger partial charge in [0.2, 0.25) is 0 Å². The lowest BCUT2D eigenvalue weighted by Crippen LogP contribution is -2.03. The molecule has 2 N–H and O–H groups in total. The van der Waals surface area contributed by atoms with Crippen molar-refractivity contribution in [3.63, 3.8) is 0 Å². The average molecular weight is 229 g/mol. The Balaban J connectivity index is 2.20. The summed E-state index contributed by atoms with van der Waals surface area (Å²) < 4.78 is 30.6. The Hall–Kier alpha value is -0.900. The van der Waals surface area contributed by atoms with Gasteiger partial charge in [-0.3, -0.25) is 0 Å². The van der Waals surface area contributed by atoms with E-state index < -0.39 is 6.43 Å². The van der Waals surface area contributed by atoms with Crippen LogP contribution in [0.4, 0.5) is 8.78 Å². The first-order valence-electron chi connectivity index (χ1n) is 5.83. The highest BCUT2D eigenvalue weighted by Crippen LogP contribution is 2.36. The molecule has 0 radical (unpaired) electrons. The van der Waals surface area contributed by atoms with Crippen LogP contribution < -0.4 is 5.73 Å². The van der Waals surface area contributed by atoms with Crippen LogP contribution in [0.1, 0.15) is 61.5 Å². The van der Waals surface area contributed by atoms with Gasteiger partial charge in [0, 0.05) is 18.0 Å². The molecule has 1 saturated carbocycles. The van der Waals surface area contributed by atoms with Crippen molar-refractivity contribution < 1.29 is 13.2 Å². The Bertz CT molecular complexity index is 343. The Morgan fingerprint density at radius 2 is 2.00 bits per heavy atom. The van der Waals surface area contributed by atoms with Gasteiger partial charge in [-0.1, -0.05) is 19.3 Å². The molecule has 0 amide bonds. The topological polar surface area (TPSA) is 39.2 Å². The predicted octanol–water partition coefficient (Wildman–Crippen LogP) is 3.72. The van der Waals surface area contributed by atoms with Crippen molar-refractivity contribution in [2.24, 2.45) is 5.73 Å². The number of halogens is 2. The van der Waals surface area contributed by atoms with Gasteiger partial charge in [0.25, 0.3) is 6.43 Å². The molecule has 0 aliphatic heterocycles. The van der Waals surface area contributed by atoms with Crippen molar-refractivity contribution in [1.29, 1.82) is 0 Å². The smallest absolute Gasteiger partial charge is 0.295 e. The van der Waals surface area contributed by atoms with E-state index >= 15 is 0 Å². The molecule has 1 aromatic heterocycles. The van der Waals surface area contributed by atoms with E-state index in [-0.39, 0.29) is 12.3 Å². The zero-order valence-corrected chi connectivity index (χ0v) is 9.22. The molecule has 1 heterocycles. The fraction of sp³-hybridized carbons (Fsp3) is 0.667. The van der Waals surface area contributed by atoms with E-state index in [1.165, 1.54) is 6.42 Å². The number of hydrogen-bond donors (Lipinski definition) is 1. The largest absolute Gasteiger partial charge is 0.459 e. The second kappa shape index (κ2) is 4.95. The first kappa shape index (κ1) is 11.6. The molecule has 0 aromatic carbocycles. The molecular weight excluding hydrogens is 212 g/mol. The van der Waals surface area contributed by atoms with Crippen LogP contribution in [0, 0.1) is 0 Å². The number of rotatable bonds is 3. The third kappa shape index (κ3) is 2.26. The van der Waals surface area contributed by atoms with Crippen LogP contribution in [0.15, 0.2) is 10.5 Å². The highest BCUT2D eigenvalue weighted by molar-refractivity contribution is 5.24. The number of hydrogen-bond acceptors (Lipinski definition) is 2. The summed E-state index contributed by atoms with van der Waals surface area (Å²) in [7, 11) is 0. The van der Waals surface area contributed by atoms with Crippen LogP contribution in [0.25, 0.3) is 0 Å². The third-order valence-corrected chi connectivity index (χ3v) is 3.29. The molecular formula is C12H17F2NO. The summed E-state index contributed by atoms with van der Waals surface area (Å²) in [5, 5.41) is 0. The summed E-state index contributed by atoms with van der Waals surface area (Å²) in [6.45, 7) is 0.121. The van der Waals surface area contributed by atoms with Gasteiger partial charge in [-0.25, -0.2) is 8.78 Å². The predicted molar refractivity (Wildman–Crippen MR) is 57.4 cm³/mol. The monoisotopic (exact) mass is 229 g/mol. The Kier molecular flexibility index (Phi) is 3.59. The van der Waals surface area contributed by atoms with Gasteiger partial charge in [0.05, 0.1) is 0 Å². The quantitative estimate of drug-likeness (QED) is 0.857. The lowest BCUT2D eigenvalue weighted by atomic mass is 9.87. The normalized spacial score (nSPS) is 18.2. The molecule has 1 aliphatic carbocycles. The van der Waals surface area contributed by atoms with Crippen molar-refractivity contribution in [2.75, 3.05) is 0 Å². The summed E-state index contributed by atoms with van der Waals surface area (Å²) >= 11 is 0. The minimum absolute atomic E-state index is 0.121. The first-order valence-corrected chi connectivity index (χ1v) is 5.83. The zero-order chi connectivity index (χ0) is 11.5. The van der Waals surface area contributed by atoms with E-state index in [4.69, 9.17) is 10.2 Å². The standard InChI is InChI=1S/C12H17F2NO/c13-12(14)11-9(7-15)6-10(16-11)8-4-2-1-3-5-8/h6,8,12H,1-5,7,15H2. The van der Waals surface area contributed by atoms with E-state index in [9.17, 15) is 8.78 Å². The molecule has 0 bridgehead atoms. The highest BCUT2D eigenvalue weighted by Gasteiger charge is 2.24. The lowest BCUT2D eigenvalue weighted by Gasteiger charge is -2.19. The van der Waals surface area contributed by atoms with Gasteiger partial charge >= 0.3 is 0 Å². The van der Waals surface area contributed by atoms with Gasteiger partial charge in [-0.15, -0.1) is 0 Å². The van der Waals surface area contributed by atoms with Gasteiger partial charge in [-0.05, 0) is 18.9 Å². The molecule has 1 fully saturated rings. The van der Waals surface area contributed by atoms with Crippen LogP contribution in [-0.2, 0) is 6.54 Å². The lowest BCUT2D eigenvalue weighted by molar-refractivity contribution is 0.117. The molecule has 16 heavy (non-hydrogen) atoms. The first-order chi connectivity index (χ1) is 7.72. The van der Waals surface area contributed by atoms with Gasteiger partial charge < -0.3 is 10.2 Å².